The van der Waals surface area contributed by atoms with Crippen molar-refractivity contribution in [3.8, 4) is 11.3 Å². The highest BCUT2D eigenvalue weighted by molar-refractivity contribution is 5.86. The van der Waals surface area contributed by atoms with Crippen LogP contribution in [0.25, 0.3) is 11.3 Å². The molecule has 0 aliphatic carbocycles. The molecular formula is C13H15F2N5O2. The van der Waals surface area contributed by atoms with Crippen LogP contribution in [-0.2, 0) is 4.74 Å². The number of rotatable bonds is 4. The lowest BCUT2D eigenvalue weighted by Crippen LogP contribution is -2.31. The molecule has 0 fully saturated rings. The molecule has 118 valence electrons. The Morgan fingerprint density at radius 2 is 1.95 bits per heavy atom. The van der Waals surface area contributed by atoms with Crippen molar-refractivity contribution in [2.75, 3.05) is 11.9 Å². The molecule has 22 heavy (non-hydrogen) atoms. The van der Waals surface area contributed by atoms with Crippen LogP contribution in [-0.4, -0.2) is 39.0 Å². The average molecular weight is 311 g/mol. The zero-order valence-corrected chi connectivity index (χ0v) is 12.3. The fraction of sp³-hybridized carbons (Fsp3) is 0.385. The second-order valence-corrected chi connectivity index (χ2v) is 4.73. The molecule has 0 radical (unpaired) electrons. The average Bonchev–Trinajstić information content (AvgIpc) is 2.92. The molecule has 2 heterocycles. The van der Waals surface area contributed by atoms with Gasteiger partial charge in [0.1, 0.15) is 12.1 Å². The highest BCUT2D eigenvalue weighted by Crippen LogP contribution is 2.27. The van der Waals surface area contributed by atoms with Crippen molar-refractivity contribution in [3.05, 3.63) is 24.8 Å². The molecule has 2 aromatic heterocycles. The smallest absolute Gasteiger partial charge is 0.415 e. The van der Waals surface area contributed by atoms with Gasteiger partial charge in [0.05, 0.1) is 11.8 Å². The van der Waals surface area contributed by atoms with Crippen molar-refractivity contribution in [1.29, 1.82) is 0 Å². The van der Waals surface area contributed by atoms with E-state index in [0.29, 0.717) is 10.2 Å². The zero-order chi connectivity index (χ0) is 16.3. The van der Waals surface area contributed by atoms with Gasteiger partial charge in [-0.3, -0.25) is 4.90 Å². The number of carbonyl (C=O) groups excluding carboxylic acids is 1. The van der Waals surface area contributed by atoms with Crippen LogP contribution in [0.3, 0.4) is 0 Å². The van der Waals surface area contributed by atoms with Crippen molar-refractivity contribution in [2.45, 2.75) is 26.5 Å². The maximum Gasteiger partial charge on any atom is 0.415 e. The molecule has 0 aromatic carbocycles. The predicted octanol–water partition coefficient (Wildman–Crippen LogP) is 2.72. The van der Waals surface area contributed by atoms with E-state index in [9.17, 15) is 13.6 Å². The number of hydrogen-bond donors (Lipinski definition) is 0. The van der Waals surface area contributed by atoms with Crippen molar-refractivity contribution >= 4 is 11.9 Å². The minimum absolute atomic E-state index is 0.0838. The van der Waals surface area contributed by atoms with E-state index in [4.69, 9.17) is 4.74 Å². The minimum atomic E-state index is -2.90. The van der Waals surface area contributed by atoms with E-state index in [1.807, 2.05) is 0 Å². The van der Waals surface area contributed by atoms with Gasteiger partial charge in [0.15, 0.2) is 0 Å². The van der Waals surface area contributed by atoms with E-state index in [2.05, 4.69) is 15.1 Å². The van der Waals surface area contributed by atoms with Gasteiger partial charge >= 0.3 is 12.6 Å². The maximum absolute atomic E-state index is 13.1. The number of aromatic nitrogens is 4. The Kier molecular flexibility index (Phi) is 4.64. The first-order chi connectivity index (χ1) is 10.4. The number of nitrogens with zero attached hydrogens (tertiary/aromatic N) is 5. The Labute approximate surface area is 125 Å². The molecule has 2 aromatic rings. The van der Waals surface area contributed by atoms with E-state index in [0.717, 1.165) is 4.90 Å². The standard InChI is InChI=1S/C13H15F2N5O2/c1-8(2)22-13(21)19(3)11-4-10(18-20(11)12(14)15)9-5-16-7-17-6-9/h4-8,12H,1-3H3. The highest BCUT2D eigenvalue weighted by atomic mass is 19.3. The summed E-state index contributed by atoms with van der Waals surface area (Å²) >= 11 is 0. The van der Waals surface area contributed by atoms with Crippen molar-refractivity contribution in [3.63, 3.8) is 0 Å². The van der Waals surface area contributed by atoms with Crippen LogP contribution in [0.15, 0.2) is 24.8 Å². The first-order valence-corrected chi connectivity index (χ1v) is 6.47. The molecular weight excluding hydrogens is 296 g/mol. The van der Waals surface area contributed by atoms with Crippen LogP contribution in [0.5, 0.6) is 0 Å². The third kappa shape index (κ3) is 3.35. The summed E-state index contributed by atoms with van der Waals surface area (Å²) in [6, 6.07) is 1.35. The molecule has 7 nitrogen and oxygen atoms in total. The molecule has 1 amide bonds. The molecule has 0 aliphatic rings. The Morgan fingerprint density at radius 3 is 2.50 bits per heavy atom. The van der Waals surface area contributed by atoms with Gasteiger partial charge in [-0.15, -0.1) is 0 Å². The van der Waals surface area contributed by atoms with Crippen LogP contribution in [0.2, 0.25) is 0 Å². The van der Waals surface area contributed by atoms with Gasteiger partial charge in [0, 0.05) is 31.1 Å². The zero-order valence-electron chi connectivity index (χ0n) is 12.3. The van der Waals surface area contributed by atoms with Crippen LogP contribution >= 0.6 is 0 Å². The van der Waals surface area contributed by atoms with Gasteiger partial charge in [0.25, 0.3) is 0 Å². The summed E-state index contributed by atoms with van der Waals surface area (Å²) in [4.78, 5) is 20.5. The molecule has 0 spiro atoms. The lowest BCUT2D eigenvalue weighted by molar-refractivity contribution is 0.0579. The lowest BCUT2D eigenvalue weighted by Gasteiger charge is -2.19. The largest absolute Gasteiger partial charge is 0.446 e. The van der Waals surface area contributed by atoms with Gasteiger partial charge in [-0.2, -0.15) is 18.6 Å². The molecule has 0 aliphatic heterocycles. The Bertz CT molecular complexity index is 645. The summed E-state index contributed by atoms with van der Waals surface area (Å²) in [5.74, 6) is -0.0838. The van der Waals surface area contributed by atoms with Crippen LogP contribution < -0.4 is 4.90 Å². The normalized spacial score (nSPS) is 11.0. The van der Waals surface area contributed by atoms with Crippen molar-refractivity contribution in [2.24, 2.45) is 0 Å². The van der Waals surface area contributed by atoms with Gasteiger partial charge in [-0.25, -0.2) is 14.8 Å². The fourth-order valence-electron chi connectivity index (χ4n) is 1.73. The molecule has 0 saturated carbocycles. The Balaban J connectivity index is 2.38. The summed E-state index contributed by atoms with van der Waals surface area (Å²) < 4.78 is 31.7. The summed E-state index contributed by atoms with van der Waals surface area (Å²) in [5.41, 5.74) is 0.703. The van der Waals surface area contributed by atoms with Crippen molar-refractivity contribution < 1.29 is 18.3 Å². The van der Waals surface area contributed by atoms with Crippen LogP contribution in [0, 0.1) is 0 Å². The van der Waals surface area contributed by atoms with Crippen LogP contribution in [0.1, 0.15) is 20.4 Å². The first-order valence-electron chi connectivity index (χ1n) is 6.47. The summed E-state index contributed by atoms with van der Waals surface area (Å²) in [5, 5.41) is 3.80. The van der Waals surface area contributed by atoms with E-state index in [-0.39, 0.29) is 17.6 Å². The first kappa shape index (κ1) is 15.8. The van der Waals surface area contributed by atoms with E-state index in [1.54, 1.807) is 13.8 Å². The number of hydrogen-bond acceptors (Lipinski definition) is 5. The fourth-order valence-corrected chi connectivity index (χ4v) is 1.73. The second-order valence-electron chi connectivity index (χ2n) is 4.73. The minimum Gasteiger partial charge on any atom is -0.446 e. The van der Waals surface area contributed by atoms with E-state index in [1.165, 1.54) is 31.8 Å². The molecule has 0 saturated heterocycles. The molecule has 0 unspecified atom stereocenters. The lowest BCUT2D eigenvalue weighted by atomic mass is 10.2. The van der Waals surface area contributed by atoms with Gasteiger partial charge < -0.3 is 4.74 Å². The van der Waals surface area contributed by atoms with E-state index >= 15 is 0 Å². The SMILES string of the molecule is CC(C)OC(=O)N(C)c1cc(-c2cncnc2)nn1C(F)F. The number of anilines is 1. The number of halogens is 2. The van der Waals surface area contributed by atoms with E-state index < -0.39 is 12.6 Å². The number of alkyl halides is 2. The Hall–Kier alpha value is -2.58. The highest BCUT2D eigenvalue weighted by Gasteiger charge is 2.24. The number of ether oxygens (including phenoxy) is 1. The molecule has 2 rings (SSSR count). The van der Waals surface area contributed by atoms with Gasteiger partial charge in [-0.05, 0) is 13.8 Å². The quantitative estimate of drug-likeness (QED) is 0.868. The van der Waals surface area contributed by atoms with Gasteiger partial charge in [0.2, 0.25) is 0 Å². The number of amides is 1. The monoisotopic (exact) mass is 311 g/mol. The molecule has 0 atom stereocenters. The Morgan fingerprint density at radius 1 is 1.32 bits per heavy atom. The van der Waals surface area contributed by atoms with Crippen LogP contribution in [0.4, 0.5) is 19.4 Å². The maximum atomic E-state index is 13.1. The topological polar surface area (TPSA) is 73.1 Å². The molecule has 9 heteroatoms. The second kappa shape index (κ2) is 6.46. The molecule has 0 N–H and O–H groups in total. The number of carbonyl (C=O) groups is 1. The summed E-state index contributed by atoms with van der Waals surface area (Å²) in [6.07, 6.45) is 3.11. The third-order valence-corrected chi connectivity index (χ3v) is 2.71. The summed E-state index contributed by atoms with van der Waals surface area (Å²) in [6.45, 7) is 0.439. The molecule has 0 bridgehead atoms. The van der Waals surface area contributed by atoms with Crippen molar-refractivity contribution in [1.82, 2.24) is 19.7 Å². The predicted molar refractivity (Wildman–Crippen MR) is 74.5 cm³/mol. The third-order valence-electron chi connectivity index (χ3n) is 2.71. The van der Waals surface area contributed by atoms with Gasteiger partial charge in [-0.1, -0.05) is 0 Å². The summed E-state index contributed by atoms with van der Waals surface area (Å²) in [7, 11) is 1.34.